The molecule has 2 aromatic heterocycles. The Kier molecular flexibility index (Phi) is 6.01. The second-order valence-corrected chi connectivity index (χ2v) is 6.46. The number of fused-ring (bicyclic) bond motifs is 1. The fraction of sp³-hybridized carbons (Fsp3) is 0.318. The highest BCUT2D eigenvalue weighted by Gasteiger charge is 2.17. The Balaban J connectivity index is 2.16. The Morgan fingerprint density at radius 3 is 2.56 bits per heavy atom. The summed E-state index contributed by atoms with van der Waals surface area (Å²) in [6, 6.07) is 9.59. The van der Waals surface area contributed by atoms with E-state index in [1.807, 2.05) is 28.8 Å². The minimum Gasteiger partial charge on any atom is -0.462 e. The van der Waals surface area contributed by atoms with E-state index in [0.29, 0.717) is 5.39 Å². The molecule has 0 atom stereocenters. The summed E-state index contributed by atoms with van der Waals surface area (Å²) in [6.07, 6.45) is 8.32. The van der Waals surface area contributed by atoms with Gasteiger partial charge in [0.15, 0.2) is 0 Å². The zero-order valence-corrected chi connectivity index (χ0v) is 15.8. The van der Waals surface area contributed by atoms with Gasteiger partial charge in [-0.2, -0.15) is 0 Å². The molecule has 0 unspecified atom stereocenters. The Morgan fingerprint density at radius 1 is 1.07 bits per heavy atom. The first kappa shape index (κ1) is 18.8. The quantitative estimate of drug-likeness (QED) is 0.460. The molecular weight excluding hydrogens is 340 g/mol. The summed E-state index contributed by atoms with van der Waals surface area (Å²) in [7, 11) is 0. The number of rotatable bonds is 7. The van der Waals surface area contributed by atoms with Crippen LogP contribution in [-0.4, -0.2) is 22.1 Å². The zero-order chi connectivity index (χ0) is 19.2. The lowest BCUT2D eigenvalue weighted by Gasteiger charge is -2.14. The van der Waals surface area contributed by atoms with Crippen LogP contribution in [0.5, 0.6) is 0 Å². The van der Waals surface area contributed by atoms with E-state index in [1.54, 1.807) is 31.6 Å². The van der Waals surface area contributed by atoms with Gasteiger partial charge in [-0.1, -0.05) is 25.8 Å². The van der Waals surface area contributed by atoms with Crippen LogP contribution in [-0.2, 0) is 11.3 Å². The van der Waals surface area contributed by atoms with Crippen LogP contribution in [0.1, 0.15) is 43.5 Å². The first-order valence-corrected chi connectivity index (χ1v) is 9.40. The van der Waals surface area contributed by atoms with E-state index in [1.165, 1.54) is 0 Å². The first-order chi connectivity index (χ1) is 13.2. The van der Waals surface area contributed by atoms with Crippen LogP contribution in [0.4, 0.5) is 0 Å². The molecule has 0 amide bonds. The molecule has 5 heteroatoms. The molecule has 140 valence electrons. The van der Waals surface area contributed by atoms with Gasteiger partial charge in [0.25, 0.3) is 0 Å². The molecule has 3 aromatic rings. The van der Waals surface area contributed by atoms with Gasteiger partial charge in [-0.25, -0.2) is 4.79 Å². The smallest absolute Gasteiger partial charge is 0.343 e. The van der Waals surface area contributed by atoms with Crippen LogP contribution in [0.3, 0.4) is 0 Å². The molecule has 0 saturated carbocycles. The largest absolute Gasteiger partial charge is 0.462 e. The lowest BCUT2D eigenvalue weighted by molar-refractivity contribution is 0.0524. The predicted molar refractivity (Wildman–Crippen MR) is 107 cm³/mol. The first-order valence-electron chi connectivity index (χ1n) is 9.40. The number of nitrogens with zero attached hydrogens (tertiary/aromatic N) is 2. The van der Waals surface area contributed by atoms with Crippen molar-refractivity contribution in [3.63, 3.8) is 0 Å². The molecule has 2 heterocycles. The van der Waals surface area contributed by atoms with Crippen molar-refractivity contribution < 1.29 is 9.53 Å². The van der Waals surface area contributed by atoms with Crippen molar-refractivity contribution in [2.75, 3.05) is 6.61 Å². The van der Waals surface area contributed by atoms with Gasteiger partial charge in [-0.3, -0.25) is 9.78 Å². The maximum absolute atomic E-state index is 12.9. The molecule has 27 heavy (non-hydrogen) atoms. The van der Waals surface area contributed by atoms with E-state index in [9.17, 15) is 9.59 Å². The van der Waals surface area contributed by atoms with Crippen molar-refractivity contribution in [1.29, 1.82) is 0 Å². The maximum atomic E-state index is 12.9. The Morgan fingerprint density at radius 2 is 1.85 bits per heavy atom. The minimum absolute atomic E-state index is 0.0949. The summed E-state index contributed by atoms with van der Waals surface area (Å²) in [5, 5.41) is 0.537. The fourth-order valence-corrected chi connectivity index (χ4v) is 3.19. The van der Waals surface area contributed by atoms with Gasteiger partial charge < -0.3 is 9.30 Å². The summed E-state index contributed by atoms with van der Waals surface area (Å²) < 4.78 is 7.08. The molecule has 0 fully saturated rings. The van der Waals surface area contributed by atoms with Crippen LogP contribution in [0.25, 0.3) is 22.0 Å². The fourth-order valence-electron chi connectivity index (χ4n) is 3.19. The van der Waals surface area contributed by atoms with Gasteiger partial charge >= 0.3 is 5.97 Å². The summed E-state index contributed by atoms with van der Waals surface area (Å²) >= 11 is 0. The average molecular weight is 364 g/mol. The molecule has 0 bridgehead atoms. The summed E-state index contributed by atoms with van der Waals surface area (Å²) in [4.78, 5) is 29.1. The molecule has 0 aliphatic heterocycles. The van der Waals surface area contributed by atoms with Crippen LogP contribution in [0, 0.1) is 0 Å². The number of aryl methyl sites for hydroxylation is 1. The van der Waals surface area contributed by atoms with Crippen LogP contribution >= 0.6 is 0 Å². The van der Waals surface area contributed by atoms with Crippen molar-refractivity contribution in [2.24, 2.45) is 0 Å². The highest BCUT2D eigenvalue weighted by molar-refractivity contribution is 5.94. The van der Waals surface area contributed by atoms with Gasteiger partial charge in [-0.05, 0) is 48.7 Å². The summed E-state index contributed by atoms with van der Waals surface area (Å²) in [5.74, 6) is -0.563. The molecule has 0 aliphatic carbocycles. The highest BCUT2D eigenvalue weighted by Crippen LogP contribution is 2.23. The molecule has 0 aliphatic rings. The Hall–Kier alpha value is -2.95. The normalized spacial score (nSPS) is 10.9. The second kappa shape index (κ2) is 8.62. The van der Waals surface area contributed by atoms with E-state index >= 15 is 0 Å². The van der Waals surface area contributed by atoms with Crippen molar-refractivity contribution in [1.82, 2.24) is 9.55 Å². The third-order valence-electron chi connectivity index (χ3n) is 4.59. The molecule has 0 spiro atoms. The molecule has 0 N–H and O–H groups in total. The molecule has 5 nitrogen and oxygen atoms in total. The summed E-state index contributed by atoms with van der Waals surface area (Å²) in [5.41, 5.74) is 2.69. The predicted octanol–water partition coefficient (Wildman–Crippen LogP) is 4.43. The van der Waals surface area contributed by atoms with Crippen LogP contribution in [0.2, 0.25) is 0 Å². The zero-order valence-electron chi connectivity index (χ0n) is 15.8. The number of benzene rings is 1. The van der Waals surface area contributed by atoms with E-state index in [0.717, 1.165) is 42.5 Å². The molecule has 3 rings (SSSR count). The minimum atomic E-state index is -0.563. The monoisotopic (exact) mass is 364 g/mol. The number of ether oxygens (including phenoxy) is 1. The molecule has 0 saturated heterocycles. The lowest BCUT2D eigenvalue weighted by atomic mass is 10.0. The standard InChI is InChI=1S/C22H24N2O3/c1-3-5-6-13-24-15-19(22(26)27-4-2)21(25)18-8-7-17(14-20(18)24)16-9-11-23-12-10-16/h7-12,14-15H,3-6,13H2,1-2H3. The number of esters is 1. The molecule has 1 aromatic carbocycles. The number of hydrogen-bond donors (Lipinski definition) is 0. The number of aromatic nitrogens is 2. The Bertz CT molecular complexity index is 994. The van der Waals surface area contributed by atoms with E-state index in [4.69, 9.17) is 4.74 Å². The van der Waals surface area contributed by atoms with Crippen LogP contribution in [0.15, 0.2) is 53.7 Å². The van der Waals surface area contributed by atoms with Gasteiger partial charge in [0, 0.05) is 30.5 Å². The van der Waals surface area contributed by atoms with Crippen molar-refractivity contribution in [3.05, 3.63) is 64.7 Å². The van der Waals surface area contributed by atoms with E-state index < -0.39 is 5.97 Å². The number of hydrogen-bond acceptors (Lipinski definition) is 4. The maximum Gasteiger partial charge on any atom is 0.343 e. The second-order valence-electron chi connectivity index (χ2n) is 6.46. The van der Waals surface area contributed by atoms with Crippen LogP contribution < -0.4 is 5.43 Å². The van der Waals surface area contributed by atoms with Crippen molar-refractivity contribution in [2.45, 2.75) is 39.7 Å². The van der Waals surface area contributed by atoms with Crippen molar-refractivity contribution in [3.8, 4) is 11.1 Å². The van der Waals surface area contributed by atoms with Gasteiger partial charge in [-0.15, -0.1) is 0 Å². The third-order valence-corrected chi connectivity index (χ3v) is 4.59. The number of unbranched alkanes of at least 4 members (excludes halogenated alkanes) is 2. The Labute approximate surface area is 158 Å². The SMILES string of the molecule is CCCCCn1cc(C(=O)OCC)c(=O)c2ccc(-c3ccncc3)cc21. The lowest BCUT2D eigenvalue weighted by Crippen LogP contribution is -2.21. The number of carbonyl (C=O) groups is 1. The number of carbonyl (C=O) groups excluding carboxylic acids is 1. The van der Waals surface area contributed by atoms with Gasteiger partial charge in [0.2, 0.25) is 5.43 Å². The highest BCUT2D eigenvalue weighted by atomic mass is 16.5. The molecular formula is C22H24N2O3. The van der Waals surface area contributed by atoms with Gasteiger partial charge in [0.05, 0.1) is 12.1 Å². The third kappa shape index (κ3) is 4.08. The van der Waals surface area contributed by atoms with E-state index in [-0.39, 0.29) is 17.6 Å². The topological polar surface area (TPSA) is 61.2 Å². The summed E-state index contributed by atoms with van der Waals surface area (Å²) in [6.45, 7) is 4.87. The molecule has 0 radical (unpaired) electrons. The van der Waals surface area contributed by atoms with Gasteiger partial charge in [0.1, 0.15) is 5.56 Å². The number of pyridine rings is 2. The average Bonchev–Trinajstić information content (AvgIpc) is 2.70. The van der Waals surface area contributed by atoms with E-state index in [2.05, 4.69) is 11.9 Å². The van der Waals surface area contributed by atoms with Crippen molar-refractivity contribution >= 4 is 16.9 Å².